The molecule has 1 aliphatic rings. The standard InChI is InChI=1S/C17H22N2OS/c1-10-3-6-12(7-4-10)19-17(20)16-15(18)13-8-5-11(2)9-14(13)21-16/h5,8-10,12H,3-4,6-7,18H2,1-2H3,(H,19,20). The zero-order valence-corrected chi connectivity index (χ0v) is 13.4. The molecule has 1 saturated carbocycles. The van der Waals surface area contributed by atoms with E-state index in [0.717, 1.165) is 28.8 Å². The Hall–Kier alpha value is -1.55. The highest BCUT2D eigenvalue weighted by Crippen LogP contribution is 2.34. The molecular weight excluding hydrogens is 280 g/mol. The lowest BCUT2D eigenvalue weighted by Gasteiger charge is -2.26. The summed E-state index contributed by atoms with van der Waals surface area (Å²) in [7, 11) is 0. The molecule has 1 fully saturated rings. The average Bonchev–Trinajstić information content (AvgIpc) is 2.78. The number of anilines is 1. The number of nitrogen functional groups attached to an aromatic ring is 1. The molecule has 0 spiro atoms. The van der Waals surface area contributed by atoms with Crippen molar-refractivity contribution in [1.29, 1.82) is 0 Å². The second kappa shape index (κ2) is 5.68. The van der Waals surface area contributed by atoms with E-state index in [4.69, 9.17) is 5.73 Å². The Bertz CT molecular complexity index is 669. The third-order valence-corrected chi connectivity index (χ3v) is 5.61. The van der Waals surface area contributed by atoms with Crippen LogP contribution in [-0.4, -0.2) is 11.9 Å². The van der Waals surface area contributed by atoms with Gasteiger partial charge in [-0.3, -0.25) is 4.79 Å². The van der Waals surface area contributed by atoms with Crippen LogP contribution >= 0.6 is 11.3 Å². The van der Waals surface area contributed by atoms with Gasteiger partial charge >= 0.3 is 0 Å². The summed E-state index contributed by atoms with van der Waals surface area (Å²) in [5, 5.41) is 4.16. The van der Waals surface area contributed by atoms with Crippen molar-refractivity contribution >= 4 is 33.0 Å². The first-order valence-corrected chi connectivity index (χ1v) is 8.45. The van der Waals surface area contributed by atoms with Gasteiger partial charge in [-0.25, -0.2) is 0 Å². The Balaban J connectivity index is 1.80. The van der Waals surface area contributed by atoms with Crippen LogP contribution in [0, 0.1) is 12.8 Å². The molecule has 0 aliphatic heterocycles. The largest absolute Gasteiger partial charge is 0.397 e. The van der Waals surface area contributed by atoms with Gasteiger partial charge in [-0.2, -0.15) is 0 Å². The molecule has 0 atom stereocenters. The van der Waals surface area contributed by atoms with Crippen molar-refractivity contribution in [2.24, 2.45) is 5.92 Å². The number of benzene rings is 1. The van der Waals surface area contributed by atoms with Crippen LogP contribution in [0.3, 0.4) is 0 Å². The number of thiophene rings is 1. The van der Waals surface area contributed by atoms with Gasteiger partial charge in [0.2, 0.25) is 0 Å². The maximum absolute atomic E-state index is 12.5. The Morgan fingerprint density at radius 1 is 1.29 bits per heavy atom. The van der Waals surface area contributed by atoms with Gasteiger partial charge in [-0.1, -0.05) is 19.1 Å². The van der Waals surface area contributed by atoms with E-state index in [0.29, 0.717) is 16.6 Å². The summed E-state index contributed by atoms with van der Waals surface area (Å²) >= 11 is 1.50. The summed E-state index contributed by atoms with van der Waals surface area (Å²) in [5.74, 6) is 0.779. The number of carbonyl (C=O) groups is 1. The third-order valence-electron chi connectivity index (χ3n) is 4.44. The zero-order valence-electron chi connectivity index (χ0n) is 12.6. The first-order valence-electron chi connectivity index (χ1n) is 7.64. The van der Waals surface area contributed by atoms with Crippen LogP contribution in [0.4, 0.5) is 5.69 Å². The predicted molar refractivity (Wildman–Crippen MR) is 89.9 cm³/mol. The summed E-state index contributed by atoms with van der Waals surface area (Å²) in [6.45, 7) is 4.34. The van der Waals surface area contributed by atoms with E-state index in [2.05, 4.69) is 25.2 Å². The minimum atomic E-state index is -0.00842. The smallest absolute Gasteiger partial charge is 0.263 e. The molecule has 0 saturated heterocycles. The maximum Gasteiger partial charge on any atom is 0.263 e. The predicted octanol–water partition coefficient (Wildman–Crippen LogP) is 4.10. The fourth-order valence-electron chi connectivity index (χ4n) is 3.05. The van der Waals surface area contributed by atoms with Gasteiger partial charge in [0.25, 0.3) is 5.91 Å². The number of amides is 1. The Labute approximate surface area is 129 Å². The maximum atomic E-state index is 12.5. The van der Waals surface area contributed by atoms with Crippen LogP contribution in [0.15, 0.2) is 18.2 Å². The molecule has 3 nitrogen and oxygen atoms in total. The lowest BCUT2D eigenvalue weighted by atomic mass is 9.87. The van der Waals surface area contributed by atoms with Gasteiger partial charge in [-0.05, 0) is 50.2 Å². The zero-order chi connectivity index (χ0) is 15.0. The van der Waals surface area contributed by atoms with Crippen molar-refractivity contribution in [2.45, 2.75) is 45.6 Å². The van der Waals surface area contributed by atoms with Crippen molar-refractivity contribution in [1.82, 2.24) is 5.32 Å². The molecule has 0 bridgehead atoms. The monoisotopic (exact) mass is 302 g/mol. The van der Waals surface area contributed by atoms with Crippen molar-refractivity contribution in [3.63, 3.8) is 0 Å². The SMILES string of the molecule is Cc1ccc2c(N)c(C(=O)NC3CCC(C)CC3)sc2c1. The summed E-state index contributed by atoms with van der Waals surface area (Å²) < 4.78 is 1.09. The topological polar surface area (TPSA) is 55.1 Å². The van der Waals surface area contributed by atoms with E-state index in [1.807, 2.05) is 12.1 Å². The Kier molecular flexibility index (Phi) is 3.89. The number of carbonyl (C=O) groups excluding carboxylic acids is 1. The van der Waals surface area contributed by atoms with E-state index in [1.165, 1.54) is 29.7 Å². The highest BCUT2D eigenvalue weighted by Gasteiger charge is 2.22. The molecule has 3 rings (SSSR count). The Morgan fingerprint density at radius 3 is 2.71 bits per heavy atom. The molecule has 1 heterocycles. The molecule has 1 amide bonds. The first-order chi connectivity index (χ1) is 10.0. The van der Waals surface area contributed by atoms with Crippen LogP contribution < -0.4 is 11.1 Å². The first kappa shape index (κ1) is 14.4. The van der Waals surface area contributed by atoms with Gasteiger partial charge < -0.3 is 11.1 Å². The number of nitrogens with one attached hydrogen (secondary N) is 1. The van der Waals surface area contributed by atoms with Crippen molar-refractivity contribution < 1.29 is 4.79 Å². The van der Waals surface area contributed by atoms with Crippen LogP contribution in [0.2, 0.25) is 0 Å². The summed E-state index contributed by atoms with van der Waals surface area (Å²) in [6.07, 6.45) is 4.56. The van der Waals surface area contributed by atoms with Crippen LogP contribution in [-0.2, 0) is 0 Å². The van der Waals surface area contributed by atoms with E-state index < -0.39 is 0 Å². The molecule has 112 valence electrons. The van der Waals surface area contributed by atoms with E-state index in [9.17, 15) is 4.79 Å². The molecule has 0 unspecified atom stereocenters. The van der Waals surface area contributed by atoms with E-state index in [-0.39, 0.29) is 5.91 Å². The molecule has 0 radical (unpaired) electrons. The van der Waals surface area contributed by atoms with Gasteiger partial charge in [0, 0.05) is 16.1 Å². The van der Waals surface area contributed by atoms with Crippen LogP contribution in [0.1, 0.15) is 47.8 Å². The normalized spacial score (nSPS) is 22.4. The molecular formula is C17H22N2OS. The number of aryl methyl sites for hydroxylation is 1. The lowest BCUT2D eigenvalue weighted by Crippen LogP contribution is -2.37. The fourth-order valence-corrected chi connectivity index (χ4v) is 4.17. The molecule has 4 heteroatoms. The Morgan fingerprint density at radius 2 is 2.00 bits per heavy atom. The van der Waals surface area contributed by atoms with Gasteiger partial charge in [-0.15, -0.1) is 11.3 Å². The number of hydrogen-bond donors (Lipinski definition) is 2. The second-order valence-electron chi connectivity index (χ2n) is 6.27. The van der Waals surface area contributed by atoms with Gasteiger partial charge in [0.15, 0.2) is 0 Å². The number of hydrogen-bond acceptors (Lipinski definition) is 3. The second-order valence-corrected chi connectivity index (χ2v) is 7.33. The highest BCUT2D eigenvalue weighted by atomic mass is 32.1. The quantitative estimate of drug-likeness (QED) is 0.877. The summed E-state index contributed by atoms with van der Waals surface area (Å²) in [4.78, 5) is 13.2. The summed E-state index contributed by atoms with van der Waals surface area (Å²) in [6, 6.07) is 6.45. The molecule has 1 aromatic carbocycles. The highest BCUT2D eigenvalue weighted by molar-refractivity contribution is 7.21. The van der Waals surface area contributed by atoms with Gasteiger partial charge in [0.1, 0.15) is 4.88 Å². The minimum Gasteiger partial charge on any atom is -0.397 e. The van der Waals surface area contributed by atoms with Gasteiger partial charge in [0.05, 0.1) is 5.69 Å². The third kappa shape index (κ3) is 2.91. The summed E-state index contributed by atoms with van der Waals surface area (Å²) in [5.41, 5.74) is 7.98. The number of fused-ring (bicyclic) bond motifs is 1. The van der Waals surface area contributed by atoms with E-state index >= 15 is 0 Å². The molecule has 1 aliphatic carbocycles. The van der Waals surface area contributed by atoms with Crippen LogP contribution in [0.5, 0.6) is 0 Å². The van der Waals surface area contributed by atoms with Crippen molar-refractivity contribution in [2.75, 3.05) is 5.73 Å². The molecule has 1 aromatic heterocycles. The average molecular weight is 302 g/mol. The number of nitrogens with two attached hydrogens (primary N) is 1. The van der Waals surface area contributed by atoms with E-state index in [1.54, 1.807) is 0 Å². The van der Waals surface area contributed by atoms with Crippen molar-refractivity contribution in [3.8, 4) is 0 Å². The van der Waals surface area contributed by atoms with Crippen molar-refractivity contribution in [3.05, 3.63) is 28.6 Å². The molecule has 2 aromatic rings. The minimum absolute atomic E-state index is 0.00842. The lowest BCUT2D eigenvalue weighted by molar-refractivity contribution is 0.0928. The fraction of sp³-hybridized carbons (Fsp3) is 0.471. The molecule has 21 heavy (non-hydrogen) atoms. The molecule has 3 N–H and O–H groups in total. The van der Waals surface area contributed by atoms with Crippen LogP contribution in [0.25, 0.3) is 10.1 Å². The number of rotatable bonds is 2.